The number of hydrogen-bond acceptors (Lipinski definition) is 4. The highest BCUT2D eigenvalue weighted by Gasteiger charge is 2.59. The third-order valence-electron chi connectivity index (χ3n) is 12.6. The molecule has 0 bridgehead atoms. The molecule has 0 radical (unpaired) electrons. The predicted molar refractivity (Wildman–Crippen MR) is 158 cm³/mol. The average molecular weight is 543 g/mol. The fourth-order valence-corrected chi connectivity index (χ4v) is 10.1. The maximum Gasteiger partial charge on any atom is 0.306 e. The molecule has 3 saturated carbocycles. The van der Waals surface area contributed by atoms with E-state index in [4.69, 9.17) is 4.74 Å². The molecule has 3 fully saturated rings. The molecule has 0 heterocycles. The van der Waals surface area contributed by atoms with Crippen LogP contribution in [0.5, 0.6) is 0 Å². The van der Waals surface area contributed by atoms with Crippen LogP contribution in [-0.4, -0.2) is 25.2 Å². The predicted octanol–water partition coefficient (Wildman–Crippen LogP) is 8.92. The number of ether oxygens (including phenoxy) is 2. The maximum absolute atomic E-state index is 12.4. The second-order valence-electron chi connectivity index (χ2n) is 14.7. The Hall–Kier alpha value is -1.32. The van der Waals surface area contributed by atoms with Crippen molar-refractivity contribution in [2.45, 2.75) is 138 Å². The van der Waals surface area contributed by atoms with Gasteiger partial charge in [0, 0.05) is 19.3 Å². The fourth-order valence-electron chi connectivity index (χ4n) is 10.1. The van der Waals surface area contributed by atoms with E-state index in [1.807, 2.05) is 0 Å². The zero-order valence-corrected chi connectivity index (χ0v) is 26.2. The molecule has 39 heavy (non-hydrogen) atoms. The van der Waals surface area contributed by atoms with Gasteiger partial charge in [-0.2, -0.15) is 0 Å². The standard InChI is InChI=1S/C35H58O4/c1-8-25(23(2)3)13-12-24(4)29-16-17-30-28-15-14-26-22-27(39-33(37)11-9-10-32(36)38-7)18-20-34(26,5)31(28)19-21-35(29,30)6/h14,23-25,27-31H,8-13,15-22H2,1-7H3/t24-,25+,27+,28?,29-,30?,31?,34+,35-/m1/s1. The van der Waals surface area contributed by atoms with Crippen molar-refractivity contribution in [3.63, 3.8) is 0 Å². The molecule has 0 spiro atoms. The molecule has 222 valence electrons. The minimum atomic E-state index is -0.263. The number of esters is 2. The lowest BCUT2D eigenvalue weighted by Gasteiger charge is -2.58. The zero-order valence-electron chi connectivity index (χ0n) is 26.2. The van der Waals surface area contributed by atoms with E-state index in [0.717, 1.165) is 60.7 Å². The van der Waals surface area contributed by atoms with E-state index in [-0.39, 0.29) is 29.9 Å². The summed E-state index contributed by atoms with van der Waals surface area (Å²) in [6.07, 6.45) is 17.6. The van der Waals surface area contributed by atoms with Crippen molar-refractivity contribution in [2.75, 3.05) is 7.11 Å². The minimum Gasteiger partial charge on any atom is -0.469 e. The number of allylic oxidation sites excluding steroid dienone is 1. The Morgan fingerprint density at radius 1 is 0.974 bits per heavy atom. The molecule has 4 nitrogen and oxygen atoms in total. The summed E-state index contributed by atoms with van der Waals surface area (Å²) in [6, 6.07) is 0. The molecule has 3 unspecified atom stereocenters. The van der Waals surface area contributed by atoms with Crippen LogP contribution in [0.15, 0.2) is 11.6 Å². The van der Waals surface area contributed by atoms with Gasteiger partial charge in [0.05, 0.1) is 7.11 Å². The highest BCUT2D eigenvalue weighted by Crippen LogP contribution is 2.67. The number of carbonyl (C=O) groups excluding carboxylic acids is 2. The van der Waals surface area contributed by atoms with Gasteiger partial charge in [-0.3, -0.25) is 9.59 Å². The van der Waals surface area contributed by atoms with Gasteiger partial charge in [0.2, 0.25) is 0 Å². The summed E-state index contributed by atoms with van der Waals surface area (Å²) < 4.78 is 10.6. The molecule has 0 aromatic heterocycles. The third-order valence-corrected chi connectivity index (χ3v) is 12.6. The molecule has 4 heteroatoms. The number of rotatable bonds is 11. The van der Waals surface area contributed by atoms with E-state index in [2.05, 4.69) is 52.4 Å². The largest absolute Gasteiger partial charge is 0.469 e. The van der Waals surface area contributed by atoms with Gasteiger partial charge >= 0.3 is 11.9 Å². The quantitative estimate of drug-likeness (QED) is 0.193. The molecule has 4 aliphatic rings. The summed E-state index contributed by atoms with van der Waals surface area (Å²) in [7, 11) is 1.39. The first kappa shape index (κ1) is 30.6. The smallest absolute Gasteiger partial charge is 0.306 e. The van der Waals surface area contributed by atoms with Crippen LogP contribution in [-0.2, 0) is 19.1 Å². The first-order valence-corrected chi connectivity index (χ1v) is 16.5. The summed E-state index contributed by atoms with van der Waals surface area (Å²) in [5.41, 5.74) is 2.35. The van der Waals surface area contributed by atoms with Crippen LogP contribution in [0.2, 0.25) is 0 Å². The zero-order chi connectivity index (χ0) is 28.4. The molecule has 0 aromatic rings. The highest BCUT2D eigenvalue weighted by molar-refractivity contribution is 5.72. The van der Waals surface area contributed by atoms with Crippen LogP contribution in [0.1, 0.15) is 131 Å². The molecular weight excluding hydrogens is 484 g/mol. The van der Waals surface area contributed by atoms with Crippen molar-refractivity contribution < 1.29 is 19.1 Å². The van der Waals surface area contributed by atoms with Crippen LogP contribution < -0.4 is 0 Å². The van der Waals surface area contributed by atoms with Crippen molar-refractivity contribution in [1.29, 1.82) is 0 Å². The van der Waals surface area contributed by atoms with Crippen LogP contribution in [0.25, 0.3) is 0 Å². The third kappa shape index (κ3) is 6.30. The van der Waals surface area contributed by atoms with E-state index in [1.54, 1.807) is 5.57 Å². The fraction of sp³-hybridized carbons (Fsp3) is 0.886. The number of hydrogen-bond donors (Lipinski definition) is 0. The molecule has 0 N–H and O–H groups in total. The summed E-state index contributed by atoms with van der Waals surface area (Å²) in [5.74, 6) is 5.46. The van der Waals surface area contributed by atoms with Crippen molar-refractivity contribution in [1.82, 2.24) is 0 Å². The van der Waals surface area contributed by atoms with Gasteiger partial charge in [0.25, 0.3) is 0 Å². The van der Waals surface area contributed by atoms with E-state index >= 15 is 0 Å². The van der Waals surface area contributed by atoms with Crippen LogP contribution in [0.4, 0.5) is 0 Å². The van der Waals surface area contributed by atoms with Gasteiger partial charge < -0.3 is 9.47 Å². The molecule has 4 rings (SSSR count). The summed E-state index contributed by atoms with van der Waals surface area (Å²) >= 11 is 0. The number of carbonyl (C=O) groups is 2. The Morgan fingerprint density at radius 2 is 1.72 bits per heavy atom. The summed E-state index contributed by atoms with van der Waals surface area (Å²) in [5, 5.41) is 0. The molecular formula is C35H58O4. The maximum atomic E-state index is 12.4. The number of fused-ring (bicyclic) bond motifs is 5. The van der Waals surface area contributed by atoms with Gasteiger partial charge in [-0.15, -0.1) is 0 Å². The Labute approximate surface area is 239 Å². The topological polar surface area (TPSA) is 52.6 Å². The van der Waals surface area contributed by atoms with Gasteiger partial charge in [0.15, 0.2) is 0 Å². The van der Waals surface area contributed by atoms with E-state index in [0.29, 0.717) is 18.3 Å². The molecule has 0 saturated heterocycles. The average Bonchev–Trinajstić information content (AvgIpc) is 3.26. The first-order valence-electron chi connectivity index (χ1n) is 16.5. The first-order chi connectivity index (χ1) is 18.5. The molecule has 0 aromatic carbocycles. The second-order valence-corrected chi connectivity index (χ2v) is 14.7. The normalized spacial score (nSPS) is 37.2. The lowest BCUT2D eigenvalue weighted by Crippen LogP contribution is -2.51. The molecule has 4 aliphatic carbocycles. The van der Waals surface area contributed by atoms with Crippen LogP contribution in [0.3, 0.4) is 0 Å². The molecule has 9 atom stereocenters. The van der Waals surface area contributed by atoms with E-state index < -0.39 is 0 Å². The summed E-state index contributed by atoms with van der Waals surface area (Å²) in [4.78, 5) is 23.8. The van der Waals surface area contributed by atoms with Gasteiger partial charge in [-0.1, -0.05) is 66.0 Å². The van der Waals surface area contributed by atoms with Gasteiger partial charge in [0.1, 0.15) is 6.10 Å². The lowest BCUT2D eigenvalue weighted by atomic mass is 9.47. The van der Waals surface area contributed by atoms with Crippen LogP contribution in [0, 0.1) is 52.3 Å². The monoisotopic (exact) mass is 542 g/mol. The van der Waals surface area contributed by atoms with Gasteiger partial charge in [-0.25, -0.2) is 0 Å². The second kappa shape index (κ2) is 12.7. The van der Waals surface area contributed by atoms with Crippen molar-refractivity contribution in [3.05, 3.63) is 11.6 Å². The van der Waals surface area contributed by atoms with Crippen molar-refractivity contribution >= 4 is 11.9 Å². The van der Waals surface area contributed by atoms with Crippen molar-refractivity contribution in [2.24, 2.45) is 52.3 Å². The van der Waals surface area contributed by atoms with Crippen molar-refractivity contribution in [3.8, 4) is 0 Å². The van der Waals surface area contributed by atoms with E-state index in [9.17, 15) is 9.59 Å². The Kier molecular flexibility index (Phi) is 9.96. The van der Waals surface area contributed by atoms with E-state index in [1.165, 1.54) is 58.5 Å². The molecule has 0 amide bonds. The SMILES string of the molecule is CC[C@@H](CC[C@@H](C)[C@H]1CCC2C3CC=C4C[C@@H](OC(=O)CCCC(=O)OC)CC[C@]4(C)C3CC[C@@]21C)C(C)C. The summed E-state index contributed by atoms with van der Waals surface area (Å²) in [6.45, 7) is 15.0. The van der Waals surface area contributed by atoms with Crippen LogP contribution >= 0.6 is 0 Å². The molecule has 0 aliphatic heterocycles. The Bertz CT molecular complexity index is 891. The Morgan fingerprint density at radius 3 is 2.41 bits per heavy atom. The number of methoxy groups -OCH3 is 1. The minimum absolute atomic E-state index is 0.00476. The Balaban J connectivity index is 1.36. The lowest BCUT2D eigenvalue weighted by molar-refractivity contribution is -0.151. The highest BCUT2D eigenvalue weighted by atomic mass is 16.5. The van der Waals surface area contributed by atoms with Gasteiger partial charge in [-0.05, 0) is 110 Å².